The molecule has 2 aliphatic rings. The van der Waals surface area contributed by atoms with Crippen molar-refractivity contribution in [2.75, 3.05) is 11.5 Å². The minimum absolute atomic E-state index is 0.0716. The Balaban J connectivity index is 1.64. The molecule has 0 saturated carbocycles. The van der Waals surface area contributed by atoms with E-state index >= 15 is 0 Å². The molecule has 0 amide bonds. The van der Waals surface area contributed by atoms with Crippen LogP contribution in [0.1, 0.15) is 5.56 Å². The molecule has 8 heteroatoms. The van der Waals surface area contributed by atoms with Crippen molar-refractivity contribution >= 4 is 43.9 Å². The smallest absolute Gasteiger partial charge is 0.177 e. The predicted octanol–water partition coefficient (Wildman–Crippen LogP) is 1.65. The summed E-state index contributed by atoms with van der Waals surface area (Å²) >= 11 is 1.30. The second-order valence-corrected chi connectivity index (χ2v) is 8.87. The van der Waals surface area contributed by atoms with Crippen molar-refractivity contribution in [1.29, 1.82) is 5.41 Å². The second-order valence-electron chi connectivity index (χ2n) is 5.48. The number of hydrazone groups is 1. The first-order valence-electron chi connectivity index (χ1n) is 6.88. The average molecular weight is 334 g/mol. The lowest BCUT2D eigenvalue weighted by molar-refractivity contribution is 0.376. The predicted molar refractivity (Wildman–Crippen MR) is 89.3 cm³/mol. The molecule has 114 valence electrons. The fourth-order valence-corrected chi connectivity index (χ4v) is 6.66. The van der Waals surface area contributed by atoms with E-state index in [1.807, 2.05) is 30.5 Å². The summed E-state index contributed by atoms with van der Waals surface area (Å²) in [5, 5.41) is 15.2. The Bertz CT molecular complexity index is 887. The number of rotatable bonds is 2. The Hall–Kier alpha value is -1.80. The van der Waals surface area contributed by atoms with Gasteiger partial charge in [0.1, 0.15) is 0 Å². The van der Waals surface area contributed by atoms with Crippen molar-refractivity contribution in [1.82, 2.24) is 9.99 Å². The van der Waals surface area contributed by atoms with Crippen LogP contribution < -0.4 is 0 Å². The number of aromatic nitrogens is 1. The highest BCUT2D eigenvalue weighted by Crippen LogP contribution is 2.37. The van der Waals surface area contributed by atoms with Crippen LogP contribution in [0.15, 0.2) is 35.6 Å². The molecule has 3 heterocycles. The minimum atomic E-state index is -3.01. The summed E-state index contributed by atoms with van der Waals surface area (Å²) in [6.45, 7) is 0. The zero-order valence-electron chi connectivity index (χ0n) is 11.6. The molecule has 2 unspecified atom stereocenters. The Morgan fingerprint density at radius 2 is 2.18 bits per heavy atom. The van der Waals surface area contributed by atoms with Crippen molar-refractivity contribution in [3.8, 4) is 0 Å². The molecule has 2 saturated heterocycles. The number of para-hydroxylation sites is 1. The molecule has 2 atom stereocenters. The van der Waals surface area contributed by atoms with E-state index in [-0.39, 0.29) is 22.8 Å². The van der Waals surface area contributed by atoms with Crippen LogP contribution in [0.2, 0.25) is 0 Å². The van der Waals surface area contributed by atoms with Crippen LogP contribution in [0.5, 0.6) is 0 Å². The summed E-state index contributed by atoms with van der Waals surface area (Å²) in [5.74, 6) is 0.224. The van der Waals surface area contributed by atoms with E-state index < -0.39 is 9.84 Å². The number of thioether (sulfide) groups is 1. The van der Waals surface area contributed by atoms with Crippen LogP contribution in [0.4, 0.5) is 0 Å². The zero-order valence-corrected chi connectivity index (χ0v) is 13.2. The molecule has 2 N–H and O–H groups in total. The lowest BCUT2D eigenvalue weighted by atomic mass is 10.2. The van der Waals surface area contributed by atoms with Gasteiger partial charge in [-0.1, -0.05) is 30.0 Å². The van der Waals surface area contributed by atoms with Crippen molar-refractivity contribution < 1.29 is 8.42 Å². The number of hydrogen-bond acceptors (Lipinski definition) is 5. The number of hydrogen-bond donors (Lipinski definition) is 2. The van der Waals surface area contributed by atoms with Gasteiger partial charge in [0.2, 0.25) is 0 Å². The van der Waals surface area contributed by atoms with Crippen LogP contribution in [0, 0.1) is 5.41 Å². The van der Waals surface area contributed by atoms with Gasteiger partial charge in [0.15, 0.2) is 15.0 Å². The van der Waals surface area contributed by atoms with Gasteiger partial charge in [-0.15, -0.1) is 0 Å². The largest absolute Gasteiger partial charge is 0.361 e. The highest BCUT2D eigenvalue weighted by Gasteiger charge is 2.48. The first-order chi connectivity index (χ1) is 10.5. The highest BCUT2D eigenvalue weighted by molar-refractivity contribution is 8.15. The van der Waals surface area contributed by atoms with Gasteiger partial charge in [-0.05, 0) is 6.07 Å². The molecule has 0 spiro atoms. The molecule has 0 bridgehead atoms. The number of aromatic amines is 1. The van der Waals surface area contributed by atoms with Crippen LogP contribution in [0.3, 0.4) is 0 Å². The van der Waals surface area contributed by atoms with Gasteiger partial charge in [0.05, 0.1) is 23.8 Å². The second kappa shape index (κ2) is 4.85. The quantitative estimate of drug-likeness (QED) is 0.817. The molecule has 0 radical (unpaired) electrons. The van der Waals surface area contributed by atoms with Gasteiger partial charge >= 0.3 is 0 Å². The molecule has 4 rings (SSSR count). The van der Waals surface area contributed by atoms with Crippen LogP contribution in [-0.4, -0.2) is 52.6 Å². The SMILES string of the molecule is N=C1SC2CS(=O)(=O)CC2N1N=Cc1c[nH]c2ccccc12. The summed E-state index contributed by atoms with van der Waals surface area (Å²) in [7, 11) is -3.01. The molecule has 2 aromatic rings. The third-order valence-corrected chi connectivity index (χ3v) is 7.12. The fraction of sp³-hybridized carbons (Fsp3) is 0.286. The van der Waals surface area contributed by atoms with Gasteiger partial charge in [-0.25, -0.2) is 13.4 Å². The highest BCUT2D eigenvalue weighted by atomic mass is 32.2. The molecule has 1 aromatic heterocycles. The van der Waals surface area contributed by atoms with Crippen molar-refractivity contribution in [3.63, 3.8) is 0 Å². The zero-order chi connectivity index (χ0) is 15.3. The summed E-state index contributed by atoms with van der Waals surface area (Å²) in [4.78, 5) is 3.17. The maximum atomic E-state index is 11.7. The third-order valence-electron chi connectivity index (χ3n) is 4.00. The van der Waals surface area contributed by atoms with E-state index in [0.717, 1.165) is 16.5 Å². The summed E-state index contributed by atoms with van der Waals surface area (Å²) in [5.41, 5.74) is 1.95. The number of nitrogens with one attached hydrogen (secondary N) is 2. The van der Waals surface area contributed by atoms with Crippen molar-refractivity contribution in [2.24, 2.45) is 5.10 Å². The summed E-state index contributed by atoms with van der Waals surface area (Å²) in [6, 6.07) is 7.69. The Morgan fingerprint density at radius 1 is 1.36 bits per heavy atom. The first kappa shape index (κ1) is 13.8. The van der Waals surface area contributed by atoms with E-state index in [1.54, 1.807) is 11.2 Å². The maximum Gasteiger partial charge on any atom is 0.177 e. The van der Waals surface area contributed by atoms with Gasteiger partial charge < -0.3 is 4.98 Å². The maximum absolute atomic E-state index is 11.7. The normalized spacial score (nSPS) is 27.1. The third kappa shape index (κ3) is 2.22. The summed E-state index contributed by atoms with van der Waals surface area (Å²) < 4.78 is 23.5. The number of amidine groups is 1. The average Bonchev–Trinajstić information content (AvgIpc) is 3.08. The van der Waals surface area contributed by atoms with Crippen LogP contribution in [-0.2, 0) is 9.84 Å². The summed E-state index contributed by atoms with van der Waals surface area (Å²) in [6.07, 6.45) is 3.56. The molecular formula is C14H14N4O2S2. The first-order valence-corrected chi connectivity index (χ1v) is 9.58. The van der Waals surface area contributed by atoms with E-state index in [9.17, 15) is 8.42 Å². The van der Waals surface area contributed by atoms with E-state index in [1.165, 1.54) is 11.8 Å². The Kier molecular flexibility index (Phi) is 3.05. The van der Waals surface area contributed by atoms with Gasteiger partial charge in [0.25, 0.3) is 0 Å². The number of fused-ring (bicyclic) bond motifs is 2. The van der Waals surface area contributed by atoms with Gasteiger partial charge in [-0.3, -0.25) is 5.41 Å². The Labute approximate surface area is 132 Å². The van der Waals surface area contributed by atoms with Crippen LogP contribution in [0.25, 0.3) is 10.9 Å². The van der Waals surface area contributed by atoms with Crippen molar-refractivity contribution in [3.05, 3.63) is 36.0 Å². The lowest BCUT2D eigenvalue weighted by Crippen LogP contribution is -2.32. The number of sulfone groups is 1. The van der Waals surface area contributed by atoms with Gasteiger partial charge in [-0.2, -0.15) is 5.10 Å². The molecule has 22 heavy (non-hydrogen) atoms. The van der Waals surface area contributed by atoms with Crippen LogP contribution >= 0.6 is 11.8 Å². The lowest BCUT2D eigenvalue weighted by Gasteiger charge is -2.17. The van der Waals surface area contributed by atoms with Crippen molar-refractivity contribution in [2.45, 2.75) is 11.3 Å². The number of H-pyrrole nitrogens is 1. The Morgan fingerprint density at radius 3 is 3.05 bits per heavy atom. The number of benzene rings is 1. The number of nitrogens with zero attached hydrogens (tertiary/aromatic N) is 2. The van der Waals surface area contributed by atoms with E-state index in [0.29, 0.717) is 5.17 Å². The standard InChI is InChI=1S/C14H14N4O2S2/c15-14-18(12-7-22(19,20)8-13(12)21-14)17-6-9-5-16-11-4-2-1-3-10(9)11/h1-6,12-13,15-16H,7-8H2. The fourth-order valence-electron chi connectivity index (χ4n) is 2.95. The van der Waals surface area contributed by atoms with E-state index in [2.05, 4.69) is 10.1 Å². The molecule has 0 aliphatic carbocycles. The molecule has 6 nitrogen and oxygen atoms in total. The van der Waals surface area contributed by atoms with Gasteiger partial charge in [0, 0.05) is 27.9 Å². The topological polar surface area (TPSA) is 89.4 Å². The molecule has 2 fully saturated rings. The monoisotopic (exact) mass is 334 g/mol. The molecule has 2 aliphatic heterocycles. The molecular weight excluding hydrogens is 320 g/mol. The molecule has 1 aromatic carbocycles. The van der Waals surface area contributed by atoms with E-state index in [4.69, 9.17) is 5.41 Å². The minimum Gasteiger partial charge on any atom is -0.361 e.